The van der Waals surface area contributed by atoms with E-state index in [1.54, 1.807) is 33.1 Å². The van der Waals surface area contributed by atoms with Crippen molar-refractivity contribution in [3.05, 3.63) is 53.6 Å². The fraction of sp³-hybridized carbons (Fsp3) is 0.500. The van der Waals surface area contributed by atoms with Crippen LogP contribution in [0, 0.1) is 5.41 Å². The number of fused-ring (bicyclic) bond motifs is 1. The van der Waals surface area contributed by atoms with Crippen molar-refractivity contribution in [2.45, 2.75) is 82.9 Å². The zero-order valence-corrected chi connectivity index (χ0v) is 25.2. The number of nitrogens with one attached hydrogen (secondary N) is 1. The van der Waals surface area contributed by atoms with E-state index in [1.165, 1.54) is 19.1 Å². The maximum absolute atomic E-state index is 13.2. The number of carbonyl (C=O) groups excluding carboxylic acids is 2. The number of nitrogens with zero attached hydrogens (tertiary/aromatic N) is 1. The van der Waals surface area contributed by atoms with Crippen molar-refractivity contribution in [2.75, 3.05) is 14.2 Å². The third kappa shape index (κ3) is 5.61. The standard InChI is InChI=1S/C32H40N2O6S/c1-5-21(2)41(37,38)33-30(35)24-13-16-26-27(19-24)34(20-32(17-18-32)31(36)40-4)29(23-11-14-25(39-3)15-12-23)28(26)22-9-7-6-8-10-22/h11-16,19,21-22H,5-10,17-18,20H2,1-4H3,(H,33,35). The lowest BCUT2D eigenvalue weighted by Gasteiger charge is -2.24. The van der Waals surface area contributed by atoms with Crippen molar-refractivity contribution in [1.29, 1.82) is 0 Å². The van der Waals surface area contributed by atoms with E-state index in [2.05, 4.69) is 9.29 Å². The predicted octanol–water partition coefficient (Wildman–Crippen LogP) is 6.18. The molecule has 220 valence electrons. The van der Waals surface area contributed by atoms with Crippen LogP contribution in [-0.2, 0) is 26.1 Å². The Morgan fingerprint density at radius 1 is 1.05 bits per heavy atom. The van der Waals surface area contributed by atoms with Crippen LogP contribution in [0.2, 0.25) is 0 Å². The van der Waals surface area contributed by atoms with Gasteiger partial charge in [0.2, 0.25) is 10.0 Å². The fourth-order valence-corrected chi connectivity index (χ4v) is 7.17. The second kappa shape index (κ2) is 11.5. The van der Waals surface area contributed by atoms with Crippen LogP contribution < -0.4 is 9.46 Å². The first kappa shape index (κ1) is 29.2. The van der Waals surface area contributed by atoms with Gasteiger partial charge in [-0.05, 0) is 92.5 Å². The molecule has 0 bridgehead atoms. The van der Waals surface area contributed by atoms with Crippen molar-refractivity contribution < 1.29 is 27.5 Å². The lowest BCUT2D eigenvalue weighted by molar-refractivity contribution is -0.147. The van der Waals surface area contributed by atoms with Crippen LogP contribution in [-0.4, -0.2) is 44.3 Å². The average molecular weight is 581 g/mol. The number of esters is 1. The molecule has 2 aromatic carbocycles. The van der Waals surface area contributed by atoms with Crippen molar-refractivity contribution in [1.82, 2.24) is 9.29 Å². The summed E-state index contributed by atoms with van der Waals surface area (Å²) in [4.78, 5) is 26.2. The lowest BCUT2D eigenvalue weighted by Crippen LogP contribution is -2.36. The largest absolute Gasteiger partial charge is 0.497 e. The molecule has 3 aromatic rings. The first-order valence-corrected chi connectivity index (χ1v) is 16.1. The highest BCUT2D eigenvalue weighted by Crippen LogP contribution is 2.51. The van der Waals surface area contributed by atoms with Crippen LogP contribution in [0.3, 0.4) is 0 Å². The molecule has 9 heteroatoms. The Morgan fingerprint density at radius 3 is 2.32 bits per heavy atom. The SMILES string of the molecule is CCC(C)S(=O)(=O)NC(=O)c1ccc2c(C3CCCCC3)c(-c3ccc(OC)cc3)n(CC3(C(=O)OC)CC3)c2c1. The first-order valence-electron chi connectivity index (χ1n) is 14.6. The second-order valence-corrected chi connectivity index (χ2v) is 13.7. The predicted molar refractivity (Wildman–Crippen MR) is 160 cm³/mol. The summed E-state index contributed by atoms with van der Waals surface area (Å²) in [6.45, 7) is 3.78. The summed E-state index contributed by atoms with van der Waals surface area (Å²) in [5.41, 5.74) is 3.74. The average Bonchev–Trinajstić information content (AvgIpc) is 3.72. The molecule has 2 saturated carbocycles. The molecule has 1 unspecified atom stereocenters. The Balaban J connectivity index is 1.71. The normalized spacial score (nSPS) is 17.7. The molecule has 1 aromatic heterocycles. The van der Waals surface area contributed by atoms with Crippen LogP contribution in [0.25, 0.3) is 22.2 Å². The van der Waals surface area contributed by atoms with Gasteiger partial charge < -0.3 is 14.0 Å². The maximum Gasteiger partial charge on any atom is 0.313 e. The molecule has 5 rings (SSSR count). The molecule has 0 aliphatic heterocycles. The van der Waals surface area contributed by atoms with Gasteiger partial charge in [-0.25, -0.2) is 13.1 Å². The van der Waals surface area contributed by atoms with Crippen molar-refractivity contribution in [2.24, 2.45) is 5.41 Å². The minimum Gasteiger partial charge on any atom is -0.497 e. The molecule has 1 atom stereocenters. The summed E-state index contributed by atoms with van der Waals surface area (Å²) in [6.07, 6.45) is 7.52. The van der Waals surface area contributed by atoms with Gasteiger partial charge in [0.25, 0.3) is 5.91 Å². The Labute approximate surface area is 242 Å². The van der Waals surface area contributed by atoms with Crippen LogP contribution >= 0.6 is 0 Å². The smallest absolute Gasteiger partial charge is 0.313 e. The summed E-state index contributed by atoms with van der Waals surface area (Å²) in [6, 6.07) is 13.4. The molecule has 0 radical (unpaired) electrons. The monoisotopic (exact) mass is 580 g/mol. The van der Waals surface area contributed by atoms with E-state index in [4.69, 9.17) is 9.47 Å². The quantitative estimate of drug-likeness (QED) is 0.288. The van der Waals surface area contributed by atoms with Gasteiger partial charge in [0, 0.05) is 23.0 Å². The zero-order chi connectivity index (χ0) is 29.4. The maximum atomic E-state index is 13.2. The number of hydrogen-bond acceptors (Lipinski definition) is 6. The number of carbonyl (C=O) groups is 2. The molecule has 1 N–H and O–H groups in total. The van der Waals surface area contributed by atoms with E-state index in [1.807, 2.05) is 30.3 Å². The van der Waals surface area contributed by atoms with Crippen LogP contribution in [0.15, 0.2) is 42.5 Å². The number of sulfonamides is 1. The molecule has 2 aliphatic carbocycles. The summed E-state index contributed by atoms with van der Waals surface area (Å²) >= 11 is 0. The number of methoxy groups -OCH3 is 2. The van der Waals surface area contributed by atoms with Gasteiger partial charge in [-0.15, -0.1) is 0 Å². The van der Waals surface area contributed by atoms with E-state index in [-0.39, 0.29) is 11.5 Å². The number of aromatic nitrogens is 1. The van der Waals surface area contributed by atoms with Gasteiger partial charge in [0.05, 0.1) is 30.6 Å². The van der Waals surface area contributed by atoms with E-state index < -0.39 is 26.6 Å². The lowest BCUT2D eigenvalue weighted by atomic mass is 9.81. The Bertz CT molecular complexity index is 1550. The Hall–Kier alpha value is -3.33. The van der Waals surface area contributed by atoms with Gasteiger partial charge in [0.1, 0.15) is 5.75 Å². The highest BCUT2D eigenvalue weighted by atomic mass is 32.2. The van der Waals surface area contributed by atoms with Crippen LogP contribution in [0.5, 0.6) is 5.75 Å². The molecule has 2 aliphatic rings. The van der Waals surface area contributed by atoms with Gasteiger partial charge in [0.15, 0.2) is 0 Å². The topological polar surface area (TPSA) is 104 Å². The Kier molecular flexibility index (Phi) is 8.19. The third-order valence-electron chi connectivity index (χ3n) is 9.02. The summed E-state index contributed by atoms with van der Waals surface area (Å²) in [5, 5.41) is 0.345. The molecule has 1 heterocycles. The zero-order valence-electron chi connectivity index (χ0n) is 24.4. The van der Waals surface area contributed by atoms with Crippen molar-refractivity contribution >= 4 is 32.8 Å². The third-order valence-corrected chi connectivity index (χ3v) is 10.9. The summed E-state index contributed by atoms with van der Waals surface area (Å²) < 4.78 is 40.4. The van der Waals surface area contributed by atoms with Gasteiger partial charge in [-0.1, -0.05) is 32.3 Å². The molecule has 41 heavy (non-hydrogen) atoms. The Morgan fingerprint density at radius 2 is 1.73 bits per heavy atom. The number of hydrogen-bond donors (Lipinski definition) is 1. The molecule has 0 spiro atoms. The second-order valence-electron chi connectivity index (χ2n) is 11.6. The molecule has 2 fully saturated rings. The number of rotatable bonds is 10. The van der Waals surface area contributed by atoms with Gasteiger partial charge in [-0.2, -0.15) is 0 Å². The van der Waals surface area contributed by atoms with Gasteiger partial charge >= 0.3 is 5.97 Å². The minimum absolute atomic E-state index is 0.229. The van der Waals surface area contributed by atoms with E-state index >= 15 is 0 Å². The molecule has 1 amide bonds. The minimum atomic E-state index is -3.80. The molecular formula is C32H40N2O6S. The fourth-order valence-electron chi connectivity index (χ4n) is 6.15. The van der Waals surface area contributed by atoms with E-state index in [0.717, 1.165) is 66.4 Å². The van der Waals surface area contributed by atoms with Crippen LogP contribution in [0.1, 0.15) is 87.1 Å². The number of ether oxygens (including phenoxy) is 2. The number of amides is 1. The highest BCUT2D eigenvalue weighted by molar-refractivity contribution is 7.90. The molecule has 8 nitrogen and oxygen atoms in total. The number of benzene rings is 2. The molecule has 0 saturated heterocycles. The highest BCUT2D eigenvalue weighted by Gasteiger charge is 2.52. The van der Waals surface area contributed by atoms with Gasteiger partial charge in [-0.3, -0.25) is 9.59 Å². The van der Waals surface area contributed by atoms with E-state index in [9.17, 15) is 18.0 Å². The summed E-state index contributed by atoms with van der Waals surface area (Å²) in [5.74, 6) is 0.209. The molecular weight excluding hydrogens is 540 g/mol. The first-order chi connectivity index (χ1) is 19.6. The van der Waals surface area contributed by atoms with Crippen molar-refractivity contribution in [3.8, 4) is 17.0 Å². The van der Waals surface area contributed by atoms with Crippen LogP contribution in [0.4, 0.5) is 0 Å². The van der Waals surface area contributed by atoms with E-state index in [0.29, 0.717) is 18.9 Å². The van der Waals surface area contributed by atoms with Crippen molar-refractivity contribution in [3.63, 3.8) is 0 Å². The summed E-state index contributed by atoms with van der Waals surface area (Å²) in [7, 11) is -0.739.